The van der Waals surface area contributed by atoms with Gasteiger partial charge in [0.05, 0.1) is 6.04 Å². The summed E-state index contributed by atoms with van der Waals surface area (Å²) >= 11 is 0. The molecule has 2 aliphatic rings. The lowest BCUT2D eigenvalue weighted by Crippen LogP contribution is -2.53. The van der Waals surface area contributed by atoms with Gasteiger partial charge in [-0.05, 0) is 30.7 Å². The van der Waals surface area contributed by atoms with Crippen LogP contribution in [0.1, 0.15) is 28.4 Å². The quantitative estimate of drug-likeness (QED) is 0.879. The molecular weight excluding hydrogens is 295 g/mol. The second-order valence-corrected chi connectivity index (χ2v) is 5.98. The maximum absolute atomic E-state index is 13.3. The molecule has 2 aliphatic heterocycles. The molecule has 2 aromatic carbocycles. The molecule has 0 aromatic heterocycles. The molecule has 1 amide bonds. The first-order valence-electron chi connectivity index (χ1n) is 7.50. The average molecular weight is 310 g/mol. The first-order valence-corrected chi connectivity index (χ1v) is 7.50. The Morgan fingerprint density at radius 3 is 2.65 bits per heavy atom. The summed E-state index contributed by atoms with van der Waals surface area (Å²) in [6, 6.07) is 12.5. The molecule has 5 heteroatoms. The van der Waals surface area contributed by atoms with Crippen molar-refractivity contribution < 1.29 is 14.3 Å². The summed E-state index contributed by atoms with van der Waals surface area (Å²) in [6.45, 7) is 2.33. The van der Waals surface area contributed by atoms with E-state index in [1.165, 1.54) is 29.2 Å². The number of benzene rings is 2. The lowest BCUT2D eigenvalue weighted by molar-refractivity contribution is 0.0754. The van der Waals surface area contributed by atoms with E-state index < -0.39 is 5.60 Å². The smallest absolute Gasteiger partial charge is 0.259 e. The number of fused-ring (bicyclic) bond motifs is 2. The summed E-state index contributed by atoms with van der Waals surface area (Å²) in [5.41, 5.74) is -0.118. The minimum absolute atomic E-state index is 0.0877. The number of carbonyl (C=O) groups excluding carboxylic acids is 1. The van der Waals surface area contributed by atoms with Gasteiger partial charge in [-0.15, -0.1) is 0 Å². The second-order valence-electron chi connectivity index (χ2n) is 5.98. The van der Waals surface area contributed by atoms with E-state index in [1.54, 1.807) is 24.3 Å². The number of aliphatic imine (C=N–C) groups is 1. The first-order chi connectivity index (χ1) is 11.0. The zero-order valence-electron chi connectivity index (χ0n) is 12.5. The molecule has 0 aliphatic carbocycles. The van der Waals surface area contributed by atoms with Crippen molar-refractivity contribution in [2.75, 3.05) is 6.54 Å². The molecule has 0 saturated heterocycles. The fourth-order valence-corrected chi connectivity index (χ4v) is 3.36. The Balaban J connectivity index is 2.02. The minimum atomic E-state index is -1.55. The van der Waals surface area contributed by atoms with Gasteiger partial charge in [0.15, 0.2) is 5.60 Å². The van der Waals surface area contributed by atoms with Crippen LogP contribution in [0.15, 0.2) is 53.5 Å². The maximum atomic E-state index is 13.3. The molecule has 2 atom stereocenters. The maximum Gasteiger partial charge on any atom is 0.259 e. The van der Waals surface area contributed by atoms with Crippen molar-refractivity contribution in [3.05, 3.63) is 71.0 Å². The van der Waals surface area contributed by atoms with Crippen LogP contribution < -0.4 is 0 Å². The Hall–Kier alpha value is -2.53. The first kappa shape index (κ1) is 14.1. The second kappa shape index (κ2) is 4.73. The van der Waals surface area contributed by atoms with E-state index in [0.717, 1.165) is 0 Å². The highest BCUT2D eigenvalue weighted by molar-refractivity contribution is 6.16. The van der Waals surface area contributed by atoms with Crippen molar-refractivity contribution in [3.63, 3.8) is 0 Å². The predicted molar refractivity (Wildman–Crippen MR) is 83.8 cm³/mol. The molecule has 0 fully saturated rings. The number of halogens is 1. The molecule has 2 heterocycles. The van der Waals surface area contributed by atoms with Crippen LogP contribution in [0.5, 0.6) is 0 Å². The molecule has 1 N–H and O–H groups in total. The molecule has 23 heavy (non-hydrogen) atoms. The van der Waals surface area contributed by atoms with Crippen LogP contribution in [0.25, 0.3) is 0 Å². The monoisotopic (exact) mass is 310 g/mol. The van der Waals surface area contributed by atoms with Crippen molar-refractivity contribution in [1.82, 2.24) is 4.90 Å². The van der Waals surface area contributed by atoms with E-state index in [-0.39, 0.29) is 17.8 Å². The van der Waals surface area contributed by atoms with E-state index in [2.05, 4.69) is 4.99 Å². The van der Waals surface area contributed by atoms with Gasteiger partial charge in [-0.2, -0.15) is 0 Å². The van der Waals surface area contributed by atoms with Gasteiger partial charge >= 0.3 is 0 Å². The summed E-state index contributed by atoms with van der Waals surface area (Å²) < 4.78 is 13.3. The molecular formula is C18H15FN2O2. The summed E-state index contributed by atoms with van der Waals surface area (Å²) in [6.07, 6.45) is 0. The van der Waals surface area contributed by atoms with Gasteiger partial charge in [0, 0.05) is 17.7 Å². The zero-order chi connectivity index (χ0) is 16.2. The van der Waals surface area contributed by atoms with Gasteiger partial charge in [-0.3, -0.25) is 14.7 Å². The lowest BCUT2D eigenvalue weighted by atomic mass is 9.79. The molecule has 116 valence electrons. The third-order valence-electron chi connectivity index (χ3n) is 4.42. The molecule has 4 rings (SSSR count). The number of hydrogen-bond donors (Lipinski definition) is 1. The highest BCUT2D eigenvalue weighted by Gasteiger charge is 2.51. The van der Waals surface area contributed by atoms with E-state index >= 15 is 0 Å². The summed E-state index contributed by atoms with van der Waals surface area (Å²) in [7, 11) is 0. The average Bonchev–Trinajstić information content (AvgIpc) is 2.96. The minimum Gasteiger partial charge on any atom is -0.373 e. The summed E-state index contributed by atoms with van der Waals surface area (Å²) in [5, 5.41) is 11.5. The van der Waals surface area contributed by atoms with Gasteiger partial charge in [-0.25, -0.2) is 4.39 Å². The number of rotatable bonds is 1. The van der Waals surface area contributed by atoms with Crippen LogP contribution in [0.4, 0.5) is 4.39 Å². The topological polar surface area (TPSA) is 52.9 Å². The fraction of sp³-hybridized carbons (Fsp3) is 0.222. The largest absolute Gasteiger partial charge is 0.373 e. The third kappa shape index (κ3) is 1.86. The molecule has 0 spiro atoms. The molecule has 0 bridgehead atoms. The number of amides is 1. The van der Waals surface area contributed by atoms with Crippen LogP contribution in [0.2, 0.25) is 0 Å². The Morgan fingerprint density at radius 2 is 1.91 bits per heavy atom. The normalized spacial score (nSPS) is 25.9. The van der Waals surface area contributed by atoms with Crippen molar-refractivity contribution in [2.45, 2.75) is 18.6 Å². The highest BCUT2D eigenvalue weighted by Crippen LogP contribution is 2.41. The van der Waals surface area contributed by atoms with Gasteiger partial charge in [-0.1, -0.05) is 30.3 Å². The van der Waals surface area contributed by atoms with Gasteiger partial charge in [0.25, 0.3) is 5.91 Å². The summed E-state index contributed by atoms with van der Waals surface area (Å²) in [4.78, 5) is 18.7. The summed E-state index contributed by atoms with van der Waals surface area (Å²) in [5.74, 6) is -0.216. The Morgan fingerprint density at radius 1 is 1.22 bits per heavy atom. The highest BCUT2D eigenvalue weighted by atomic mass is 19.1. The molecule has 0 unspecified atom stereocenters. The number of carbonyl (C=O) groups is 1. The number of amidine groups is 1. The molecule has 2 aromatic rings. The van der Waals surface area contributed by atoms with E-state index in [9.17, 15) is 14.3 Å². The van der Waals surface area contributed by atoms with Crippen LogP contribution in [0, 0.1) is 5.82 Å². The Kier molecular flexibility index (Phi) is 2.90. The van der Waals surface area contributed by atoms with Crippen LogP contribution in [0.3, 0.4) is 0 Å². The van der Waals surface area contributed by atoms with Crippen LogP contribution in [-0.4, -0.2) is 34.3 Å². The number of nitrogens with zero attached hydrogens (tertiary/aromatic N) is 2. The van der Waals surface area contributed by atoms with Gasteiger partial charge < -0.3 is 5.11 Å². The van der Waals surface area contributed by atoms with E-state index in [0.29, 0.717) is 29.1 Å². The standard InChI is InChI=1S/C18H15FN2O2/c1-11-10-21-16(22)14-4-2-3-5-15(14)18(23,17(21)20-11)12-6-8-13(19)9-7-12/h2-9,11,23H,10H2,1H3/t11-,18-/m1/s1. The zero-order valence-corrected chi connectivity index (χ0v) is 12.5. The Bertz CT molecular complexity index is 831. The predicted octanol–water partition coefficient (Wildman–Crippen LogP) is 2.32. The van der Waals surface area contributed by atoms with Crippen molar-refractivity contribution in [2.24, 2.45) is 4.99 Å². The molecule has 0 radical (unpaired) electrons. The van der Waals surface area contributed by atoms with Crippen LogP contribution >= 0.6 is 0 Å². The van der Waals surface area contributed by atoms with Gasteiger partial charge in [0.1, 0.15) is 11.7 Å². The lowest BCUT2D eigenvalue weighted by Gasteiger charge is -2.39. The number of hydrogen-bond acceptors (Lipinski definition) is 3. The SMILES string of the molecule is C[C@@H]1CN2C(=O)c3ccccc3[C@](O)(c3ccc(F)cc3)C2=N1. The molecule has 0 saturated carbocycles. The van der Waals surface area contributed by atoms with Crippen molar-refractivity contribution in [3.8, 4) is 0 Å². The third-order valence-corrected chi connectivity index (χ3v) is 4.42. The van der Waals surface area contributed by atoms with Crippen molar-refractivity contribution in [1.29, 1.82) is 0 Å². The van der Waals surface area contributed by atoms with Crippen molar-refractivity contribution >= 4 is 11.7 Å². The van der Waals surface area contributed by atoms with Crippen LogP contribution in [-0.2, 0) is 5.60 Å². The molecule has 4 nitrogen and oxygen atoms in total. The number of aliphatic hydroxyl groups is 1. The van der Waals surface area contributed by atoms with E-state index in [1.807, 2.05) is 6.92 Å². The van der Waals surface area contributed by atoms with E-state index in [4.69, 9.17) is 0 Å². The van der Waals surface area contributed by atoms with Gasteiger partial charge in [0.2, 0.25) is 0 Å². The fourth-order valence-electron chi connectivity index (χ4n) is 3.36. The Labute approximate surface area is 132 Å².